The Morgan fingerprint density at radius 1 is 1.29 bits per heavy atom. The van der Waals surface area contributed by atoms with Crippen LogP contribution >= 0.6 is 0 Å². The number of nitrogens with one attached hydrogen (secondary N) is 2. The first-order valence-electron chi connectivity index (χ1n) is 7.97. The van der Waals surface area contributed by atoms with E-state index >= 15 is 0 Å². The van der Waals surface area contributed by atoms with E-state index in [1.807, 2.05) is 18.2 Å². The molecule has 2 aliphatic rings. The summed E-state index contributed by atoms with van der Waals surface area (Å²) in [7, 11) is 0. The summed E-state index contributed by atoms with van der Waals surface area (Å²) >= 11 is 0. The van der Waals surface area contributed by atoms with Crippen LogP contribution in [-0.4, -0.2) is 18.6 Å². The van der Waals surface area contributed by atoms with Gasteiger partial charge in [0.1, 0.15) is 5.75 Å². The number of amides is 1. The smallest absolute Gasteiger partial charge is 0.262 e. The van der Waals surface area contributed by atoms with E-state index in [0.29, 0.717) is 12.0 Å². The summed E-state index contributed by atoms with van der Waals surface area (Å²) in [6.07, 6.45) is 5.17. The van der Waals surface area contributed by atoms with Crippen LogP contribution in [0.15, 0.2) is 18.2 Å². The Hall–Kier alpha value is -1.71. The van der Waals surface area contributed by atoms with Crippen molar-refractivity contribution in [2.45, 2.75) is 45.6 Å². The molecule has 4 nitrogen and oxygen atoms in total. The van der Waals surface area contributed by atoms with Gasteiger partial charge in [-0.15, -0.1) is 0 Å². The van der Waals surface area contributed by atoms with Gasteiger partial charge in [-0.3, -0.25) is 4.79 Å². The first kappa shape index (κ1) is 14.2. The van der Waals surface area contributed by atoms with Gasteiger partial charge in [0.15, 0.2) is 6.61 Å². The van der Waals surface area contributed by atoms with E-state index in [1.54, 1.807) is 0 Å². The van der Waals surface area contributed by atoms with Crippen molar-refractivity contribution in [3.8, 4) is 5.75 Å². The highest BCUT2D eigenvalue weighted by atomic mass is 16.5. The Morgan fingerprint density at radius 2 is 2.10 bits per heavy atom. The van der Waals surface area contributed by atoms with Gasteiger partial charge in [0.2, 0.25) is 0 Å². The number of hydrogen-bond acceptors (Lipinski definition) is 3. The van der Waals surface area contributed by atoms with E-state index in [4.69, 9.17) is 4.74 Å². The van der Waals surface area contributed by atoms with Gasteiger partial charge in [-0.2, -0.15) is 0 Å². The van der Waals surface area contributed by atoms with Gasteiger partial charge in [-0.1, -0.05) is 26.7 Å². The highest BCUT2D eigenvalue weighted by Crippen LogP contribution is 2.35. The van der Waals surface area contributed by atoms with E-state index < -0.39 is 0 Å². The predicted molar refractivity (Wildman–Crippen MR) is 84.8 cm³/mol. The molecule has 1 aliphatic heterocycles. The summed E-state index contributed by atoms with van der Waals surface area (Å²) in [4.78, 5) is 11.4. The quantitative estimate of drug-likeness (QED) is 0.892. The standard InChI is InChI=1S/C17H24N2O2/c1-11(2)13-5-3-4-6-14(13)18-12-7-8-16-15(9-12)19-17(20)10-21-16/h7-9,11,13-14,18H,3-6,10H2,1-2H3,(H,19,20). The van der Waals surface area contributed by atoms with Crippen molar-refractivity contribution in [2.24, 2.45) is 11.8 Å². The van der Waals surface area contributed by atoms with Crippen molar-refractivity contribution in [1.82, 2.24) is 0 Å². The Labute approximate surface area is 126 Å². The second-order valence-corrected chi connectivity index (χ2v) is 6.49. The molecule has 21 heavy (non-hydrogen) atoms. The third kappa shape index (κ3) is 3.14. The maximum absolute atomic E-state index is 11.4. The first-order valence-corrected chi connectivity index (χ1v) is 7.97. The van der Waals surface area contributed by atoms with Crippen molar-refractivity contribution >= 4 is 17.3 Å². The second kappa shape index (κ2) is 5.96. The maximum atomic E-state index is 11.4. The van der Waals surface area contributed by atoms with Crippen LogP contribution in [0.1, 0.15) is 39.5 Å². The molecule has 1 aromatic rings. The van der Waals surface area contributed by atoms with Crippen LogP contribution < -0.4 is 15.4 Å². The van der Waals surface area contributed by atoms with Gasteiger partial charge < -0.3 is 15.4 Å². The van der Waals surface area contributed by atoms with Gasteiger partial charge in [-0.25, -0.2) is 0 Å². The molecule has 1 saturated carbocycles. The zero-order valence-electron chi connectivity index (χ0n) is 12.8. The topological polar surface area (TPSA) is 50.4 Å². The number of carbonyl (C=O) groups excluding carboxylic acids is 1. The molecule has 0 radical (unpaired) electrons. The van der Waals surface area contributed by atoms with E-state index in [2.05, 4.69) is 24.5 Å². The van der Waals surface area contributed by atoms with Crippen LogP contribution in [0.25, 0.3) is 0 Å². The van der Waals surface area contributed by atoms with Crippen LogP contribution in [-0.2, 0) is 4.79 Å². The summed E-state index contributed by atoms with van der Waals surface area (Å²) in [5.41, 5.74) is 1.84. The third-order valence-electron chi connectivity index (χ3n) is 4.64. The van der Waals surface area contributed by atoms with Crippen LogP contribution in [0.5, 0.6) is 5.75 Å². The van der Waals surface area contributed by atoms with Gasteiger partial charge in [0, 0.05) is 11.7 Å². The Kier molecular flexibility index (Phi) is 4.04. The Morgan fingerprint density at radius 3 is 2.90 bits per heavy atom. The molecule has 1 amide bonds. The largest absolute Gasteiger partial charge is 0.482 e. The molecular weight excluding hydrogens is 264 g/mol. The number of ether oxygens (including phenoxy) is 1. The van der Waals surface area contributed by atoms with Gasteiger partial charge in [-0.05, 0) is 42.9 Å². The molecule has 1 fully saturated rings. The molecule has 1 aliphatic carbocycles. The van der Waals surface area contributed by atoms with Crippen molar-refractivity contribution in [1.29, 1.82) is 0 Å². The number of hydrogen-bond donors (Lipinski definition) is 2. The summed E-state index contributed by atoms with van der Waals surface area (Å²) < 4.78 is 5.40. The molecule has 2 unspecified atom stereocenters. The molecule has 4 heteroatoms. The number of benzene rings is 1. The lowest BCUT2D eigenvalue weighted by Crippen LogP contribution is -2.35. The van der Waals surface area contributed by atoms with Crippen molar-refractivity contribution in [3.05, 3.63) is 18.2 Å². The zero-order valence-corrected chi connectivity index (χ0v) is 12.8. The van der Waals surface area contributed by atoms with Gasteiger partial charge in [0.25, 0.3) is 5.91 Å². The average Bonchev–Trinajstić information content (AvgIpc) is 2.47. The van der Waals surface area contributed by atoms with Gasteiger partial charge in [0.05, 0.1) is 5.69 Å². The highest BCUT2D eigenvalue weighted by Gasteiger charge is 2.27. The van der Waals surface area contributed by atoms with Crippen molar-refractivity contribution in [3.63, 3.8) is 0 Å². The highest BCUT2D eigenvalue weighted by molar-refractivity contribution is 5.96. The number of rotatable bonds is 3. The fraction of sp³-hybridized carbons (Fsp3) is 0.588. The molecule has 2 atom stereocenters. The minimum atomic E-state index is -0.0858. The number of carbonyl (C=O) groups is 1. The summed E-state index contributed by atoms with van der Waals surface area (Å²) in [5, 5.41) is 6.54. The SMILES string of the molecule is CC(C)C1CCCCC1Nc1ccc2c(c1)NC(=O)CO2. The summed E-state index contributed by atoms with van der Waals surface area (Å²) in [6, 6.07) is 6.49. The minimum Gasteiger partial charge on any atom is -0.482 e. The fourth-order valence-electron chi connectivity index (χ4n) is 3.52. The predicted octanol–water partition coefficient (Wildman–Crippen LogP) is 3.64. The molecule has 1 heterocycles. The molecular formula is C17H24N2O2. The van der Waals surface area contributed by atoms with Crippen LogP contribution in [0.3, 0.4) is 0 Å². The van der Waals surface area contributed by atoms with E-state index in [1.165, 1.54) is 25.7 Å². The summed E-state index contributed by atoms with van der Waals surface area (Å²) in [5.74, 6) is 2.09. The van der Waals surface area contributed by atoms with Crippen molar-refractivity contribution < 1.29 is 9.53 Å². The van der Waals surface area contributed by atoms with Crippen LogP contribution in [0.2, 0.25) is 0 Å². The Balaban J connectivity index is 1.75. The monoisotopic (exact) mass is 288 g/mol. The lowest BCUT2D eigenvalue weighted by Gasteiger charge is -2.35. The fourth-order valence-corrected chi connectivity index (χ4v) is 3.52. The molecule has 1 aromatic carbocycles. The normalized spacial score (nSPS) is 25.0. The number of anilines is 2. The molecule has 2 N–H and O–H groups in total. The second-order valence-electron chi connectivity index (χ2n) is 6.49. The maximum Gasteiger partial charge on any atom is 0.262 e. The molecule has 114 valence electrons. The summed E-state index contributed by atoms with van der Waals surface area (Å²) in [6.45, 7) is 4.73. The van der Waals surface area contributed by atoms with Gasteiger partial charge >= 0.3 is 0 Å². The molecule has 3 rings (SSSR count). The first-order chi connectivity index (χ1) is 10.1. The minimum absolute atomic E-state index is 0.0858. The molecule has 0 bridgehead atoms. The Bertz CT molecular complexity index is 528. The van der Waals surface area contributed by atoms with Crippen molar-refractivity contribution in [2.75, 3.05) is 17.2 Å². The third-order valence-corrected chi connectivity index (χ3v) is 4.64. The molecule has 0 aromatic heterocycles. The van der Waals surface area contributed by atoms with E-state index in [-0.39, 0.29) is 12.5 Å². The van der Waals surface area contributed by atoms with Crippen LogP contribution in [0.4, 0.5) is 11.4 Å². The lowest BCUT2D eigenvalue weighted by atomic mass is 9.78. The zero-order chi connectivity index (χ0) is 14.8. The number of fused-ring (bicyclic) bond motifs is 1. The van der Waals surface area contributed by atoms with E-state index in [9.17, 15) is 4.79 Å². The average molecular weight is 288 g/mol. The van der Waals surface area contributed by atoms with Crippen LogP contribution in [0, 0.1) is 11.8 Å². The molecule has 0 saturated heterocycles. The lowest BCUT2D eigenvalue weighted by molar-refractivity contribution is -0.118. The molecule has 0 spiro atoms. The van der Waals surface area contributed by atoms with E-state index in [0.717, 1.165) is 23.0 Å².